The molecule has 4 heterocycles. The van der Waals surface area contributed by atoms with E-state index in [-0.39, 0.29) is 35.7 Å². The largest absolute Gasteiger partial charge is 0.396 e. The van der Waals surface area contributed by atoms with Crippen LogP contribution in [0.4, 0.5) is 0 Å². The monoisotopic (exact) mass is 499 g/mol. The minimum absolute atomic E-state index is 0.0973. The molecule has 1 saturated heterocycles. The highest BCUT2D eigenvalue weighted by Gasteiger charge is 2.57. The molecular formula is C28H29N5O4. The van der Waals surface area contributed by atoms with Gasteiger partial charge in [0.15, 0.2) is 0 Å². The van der Waals surface area contributed by atoms with Crippen LogP contribution < -0.4 is 10.9 Å². The van der Waals surface area contributed by atoms with Crippen LogP contribution in [0.25, 0.3) is 6.08 Å². The third-order valence-electron chi connectivity index (χ3n) is 7.40. The predicted molar refractivity (Wildman–Crippen MR) is 137 cm³/mol. The maximum absolute atomic E-state index is 13.8. The molecular weight excluding hydrogens is 470 g/mol. The lowest BCUT2D eigenvalue weighted by molar-refractivity contribution is -0.127. The van der Waals surface area contributed by atoms with E-state index in [1.165, 1.54) is 23.5 Å². The van der Waals surface area contributed by atoms with Gasteiger partial charge >= 0.3 is 0 Å². The molecule has 2 aromatic heterocycles. The molecule has 0 saturated carbocycles. The number of likely N-dealkylation sites (tertiary alicyclic amines) is 1. The van der Waals surface area contributed by atoms with Crippen molar-refractivity contribution in [1.82, 2.24) is 24.8 Å². The number of hydrogen-bond acceptors (Lipinski definition) is 6. The number of amides is 2. The van der Waals surface area contributed by atoms with Gasteiger partial charge in [0, 0.05) is 48.6 Å². The highest BCUT2D eigenvalue weighted by molar-refractivity contribution is 5.97. The van der Waals surface area contributed by atoms with Gasteiger partial charge in [-0.05, 0) is 31.5 Å². The number of fused-ring (bicyclic) bond motifs is 3. The first-order valence-corrected chi connectivity index (χ1v) is 12.4. The fourth-order valence-corrected chi connectivity index (χ4v) is 5.70. The SMILES string of the molecule is C/C=C\c1ccc2n(c1=O)C[C@@H]1[C@@H](CO)[C@H](C(=O)N[C@H](C)c3ccccc3)N(C(=O)c3cnccn3)[C@H]21. The first kappa shape index (κ1) is 24.6. The third-order valence-corrected chi connectivity index (χ3v) is 7.40. The average Bonchev–Trinajstić information content (AvgIpc) is 3.46. The normalized spacial score (nSPS) is 23.1. The fourth-order valence-electron chi connectivity index (χ4n) is 5.70. The summed E-state index contributed by atoms with van der Waals surface area (Å²) >= 11 is 0. The van der Waals surface area contributed by atoms with E-state index in [4.69, 9.17) is 0 Å². The first-order chi connectivity index (χ1) is 18.0. The zero-order valence-electron chi connectivity index (χ0n) is 20.7. The molecule has 0 bridgehead atoms. The Labute approximate surface area is 214 Å². The van der Waals surface area contributed by atoms with Crippen molar-refractivity contribution in [3.63, 3.8) is 0 Å². The third kappa shape index (κ3) is 4.25. The van der Waals surface area contributed by atoms with Crippen molar-refractivity contribution >= 4 is 17.9 Å². The van der Waals surface area contributed by atoms with Crippen LogP contribution in [0.3, 0.4) is 0 Å². The van der Waals surface area contributed by atoms with Crippen molar-refractivity contribution in [2.75, 3.05) is 6.61 Å². The highest BCUT2D eigenvalue weighted by atomic mass is 16.3. The van der Waals surface area contributed by atoms with Crippen molar-refractivity contribution in [1.29, 1.82) is 0 Å². The van der Waals surface area contributed by atoms with E-state index in [2.05, 4.69) is 15.3 Å². The Balaban J connectivity index is 1.57. The number of benzene rings is 1. The molecule has 0 radical (unpaired) electrons. The Morgan fingerprint density at radius 1 is 1.19 bits per heavy atom. The van der Waals surface area contributed by atoms with E-state index >= 15 is 0 Å². The number of allylic oxidation sites excluding steroid dienone is 1. The summed E-state index contributed by atoms with van der Waals surface area (Å²) in [5.41, 5.74) is 2.05. The van der Waals surface area contributed by atoms with Crippen molar-refractivity contribution in [2.24, 2.45) is 11.8 Å². The maximum Gasteiger partial charge on any atom is 0.275 e. The second-order valence-corrected chi connectivity index (χ2v) is 9.47. The number of pyridine rings is 1. The lowest BCUT2D eigenvalue weighted by atomic mass is 9.88. The van der Waals surface area contributed by atoms with Crippen LogP contribution in [-0.2, 0) is 11.3 Å². The Morgan fingerprint density at radius 3 is 2.65 bits per heavy atom. The number of carbonyl (C=O) groups excluding carboxylic acids is 2. The molecule has 5 atom stereocenters. The zero-order chi connectivity index (χ0) is 26.1. The average molecular weight is 500 g/mol. The van der Waals surface area contributed by atoms with Crippen LogP contribution in [0, 0.1) is 11.8 Å². The zero-order valence-corrected chi connectivity index (χ0v) is 20.7. The summed E-state index contributed by atoms with van der Waals surface area (Å²) in [6.45, 7) is 3.71. The summed E-state index contributed by atoms with van der Waals surface area (Å²) in [7, 11) is 0. The summed E-state index contributed by atoms with van der Waals surface area (Å²) in [4.78, 5) is 50.5. The van der Waals surface area contributed by atoms with Crippen molar-refractivity contribution in [2.45, 2.75) is 38.5 Å². The Morgan fingerprint density at radius 2 is 1.97 bits per heavy atom. The Kier molecular flexibility index (Phi) is 6.71. The van der Waals surface area contributed by atoms with Gasteiger partial charge in [-0.1, -0.05) is 42.5 Å². The molecule has 1 fully saturated rings. The lowest BCUT2D eigenvalue weighted by Gasteiger charge is -2.31. The molecule has 2 N–H and O–H groups in total. The predicted octanol–water partition coefficient (Wildman–Crippen LogP) is 2.35. The molecule has 2 amide bonds. The molecule has 3 aromatic rings. The van der Waals surface area contributed by atoms with Gasteiger partial charge in [-0.3, -0.25) is 19.4 Å². The number of nitrogens with zero attached hydrogens (tertiary/aromatic N) is 4. The number of hydrogen-bond donors (Lipinski definition) is 2. The van der Waals surface area contributed by atoms with Gasteiger partial charge in [0.2, 0.25) is 5.91 Å². The number of carbonyl (C=O) groups is 2. The standard InChI is InChI=1S/C28H29N5O4/c1-3-7-19-10-11-23-24-20(15-32(23)27(19)36)21(16-34)25(33(24)28(37)22-14-29-12-13-30-22)26(35)31-17(2)18-8-5-4-6-9-18/h3-14,17,20-21,24-25,34H,15-16H2,1-2H3,(H,31,35)/b7-3-/t17-,20-,21-,24+,25-/m1/s1. The van der Waals surface area contributed by atoms with Crippen molar-refractivity contribution in [3.05, 3.63) is 100.0 Å². The fraction of sp³-hybridized carbons (Fsp3) is 0.321. The number of nitrogens with one attached hydrogen (secondary N) is 1. The second kappa shape index (κ2) is 10.1. The van der Waals surface area contributed by atoms with E-state index in [0.29, 0.717) is 17.8 Å². The molecule has 2 aliphatic rings. The molecule has 190 valence electrons. The number of aromatic nitrogens is 3. The van der Waals surface area contributed by atoms with Crippen LogP contribution in [0.15, 0.2) is 71.9 Å². The maximum atomic E-state index is 13.8. The molecule has 0 unspecified atom stereocenters. The van der Waals surface area contributed by atoms with Gasteiger partial charge in [0.25, 0.3) is 11.5 Å². The van der Waals surface area contributed by atoms with Crippen LogP contribution >= 0.6 is 0 Å². The topological polar surface area (TPSA) is 117 Å². The summed E-state index contributed by atoms with van der Waals surface area (Å²) < 4.78 is 1.66. The summed E-state index contributed by atoms with van der Waals surface area (Å²) in [6, 6.07) is 11.3. The van der Waals surface area contributed by atoms with E-state index in [1.807, 2.05) is 50.2 Å². The summed E-state index contributed by atoms with van der Waals surface area (Å²) in [5, 5.41) is 13.5. The van der Waals surface area contributed by atoms with Crippen molar-refractivity contribution in [3.8, 4) is 0 Å². The van der Waals surface area contributed by atoms with Crippen LogP contribution in [0.5, 0.6) is 0 Å². The van der Waals surface area contributed by atoms with Crippen LogP contribution in [0.1, 0.15) is 53.2 Å². The van der Waals surface area contributed by atoms with Crippen LogP contribution in [-0.4, -0.2) is 49.0 Å². The van der Waals surface area contributed by atoms with Gasteiger partial charge in [0.1, 0.15) is 11.7 Å². The van der Waals surface area contributed by atoms with E-state index < -0.39 is 23.9 Å². The molecule has 2 aliphatic heterocycles. The van der Waals surface area contributed by atoms with Gasteiger partial charge in [-0.25, -0.2) is 4.98 Å². The van der Waals surface area contributed by atoms with Gasteiger partial charge in [-0.2, -0.15) is 0 Å². The molecule has 9 heteroatoms. The Hall–Kier alpha value is -4.11. The molecule has 37 heavy (non-hydrogen) atoms. The minimum Gasteiger partial charge on any atom is -0.396 e. The summed E-state index contributed by atoms with van der Waals surface area (Å²) in [5.74, 6) is -1.72. The lowest BCUT2D eigenvalue weighted by Crippen LogP contribution is -2.51. The quantitative estimate of drug-likeness (QED) is 0.538. The first-order valence-electron chi connectivity index (χ1n) is 12.4. The molecule has 9 nitrogen and oxygen atoms in total. The van der Waals surface area contributed by atoms with Crippen LogP contribution in [0.2, 0.25) is 0 Å². The van der Waals surface area contributed by atoms with Crippen molar-refractivity contribution < 1.29 is 14.7 Å². The molecule has 0 spiro atoms. The minimum atomic E-state index is -0.945. The number of aliphatic hydroxyl groups excluding tert-OH is 1. The van der Waals surface area contributed by atoms with Gasteiger partial charge in [-0.15, -0.1) is 0 Å². The number of aliphatic hydroxyl groups is 1. The molecule has 1 aromatic carbocycles. The smallest absolute Gasteiger partial charge is 0.275 e. The van der Waals surface area contributed by atoms with Gasteiger partial charge < -0.3 is 19.9 Å². The van der Waals surface area contributed by atoms with E-state index in [0.717, 1.165) is 5.56 Å². The molecule has 0 aliphatic carbocycles. The molecule has 5 rings (SSSR count). The number of rotatable bonds is 6. The summed E-state index contributed by atoms with van der Waals surface area (Å²) in [6.07, 6.45) is 7.81. The van der Waals surface area contributed by atoms with E-state index in [9.17, 15) is 19.5 Å². The highest BCUT2D eigenvalue weighted by Crippen LogP contribution is 2.49. The van der Waals surface area contributed by atoms with Gasteiger partial charge in [0.05, 0.1) is 18.3 Å². The van der Waals surface area contributed by atoms with E-state index in [1.54, 1.807) is 22.8 Å². The second-order valence-electron chi connectivity index (χ2n) is 9.47. The Bertz CT molecular complexity index is 1390.